The van der Waals surface area contributed by atoms with Gasteiger partial charge in [-0.25, -0.2) is 18.7 Å². The van der Waals surface area contributed by atoms with Crippen molar-refractivity contribution >= 4 is 33.0 Å². The van der Waals surface area contributed by atoms with Gasteiger partial charge in [0.2, 0.25) is 0 Å². The molecule has 34 heavy (non-hydrogen) atoms. The fourth-order valence-corrected chi connectivity index (χ4v) is 7.26. The highest BCUT2D eigenvalue weighted by atomic mass is 32.2. The van der Waals surface area contributed by atoms with Crippen LogP contribution in [0.4, 0.5) is 10.5 Å². The molecule has 10 nitrogen and oxygen atoms in total. The fraction of sp³-hybridized carbons (Fsp3) is 0.545. The summed E-state index contributed by atoms with van der Waals surface area (Å²) in [4.78, 5) is 22.1. The maximum absolute atomic E-state index is 13.7. The van der Waals surface area contributed by atoms with Gasteiger partial charge < -0.3 is 15.5 Å². The average Bonchev–Trinajstić information content (AvgIpc) is 3.45. The molecule has 0 aliphatic heterocycles. The number of nitriles is 1. The number of nitrogens with zero attached hydrogens (tertiary/aromatic N) is 4. The molecule has 0 fully saturated rings. The largest absolute Gasteiger partial charge is 0.390 e. The van der Waals surface area contributed by atoms with Crippen LogP contribution in [0.5, 0.6) is 0 Å². The van der Waals surface area contributed by atoms with Crippen molar-refractivity contribution in [3.63, 3.8) is 0 Å². The maximum atomic E-state index is 13.7. The summed E-state index contributed by atoms with van der Waals surface area (Å²) in [5.74, 6) is 0. The number of thiazole rings is 1. The number of fused-ring (bicyclic) bond motifs is 2. The standard InChI is InChI=1S/C22H28N6O4S2/c1-21(2)9-8-13-16(12-6-5-7-14(12)25-17(13)21)27-20(30)28-34(32,24-11-23)18-15(10-29)26-19(33-18)22(3,4)31/h29,31H,5-10H2,1-4H3,(H2,24,25,27,28,30,32). The van der Waals surface area contributed by atoms with Gasteiger partial charge in [-0.1, -0.05) is 13.8 Å². The molecular weight excluding hydrogens is 476 g/mol. The van der Waals surface area contributed by atoms with Crippen LogP contribution in [0, 0.1) is 11.5 Å². The molecule has 0 spiro atoms. The summed E-state index contributed by atoms with van der Waals surface area (Å²) in [5.41, 5.74) is 3.10. The van der Waals surface area contributed by atoms with E-state index in [4.69, 9.17) is 4.98 Å². The third-order valence-corrected chi connectivity index (χ3v) is 9.84. The normalized spacial score (nSPS) is 17.9. The van der Waals surface area contributed by atoms with Crippen LogP contribution in [0.2, 0.25) is 0 Å². The van der Waals surface area contributed by atoms with Crippen LogP contribution in [-0.2, 0) is 46.8 Å². The Hall–Kier alpha value is -2.59. The molecule has 1 atom stereocenters. The Bertz CT molecular complexity index is 1330. The number of urea groups is 1. The number of hydrogen-bond donors (Lipinski definition) is 4. The second-order valence-corrected chi connectivity index (χ2v) is 12.8. The first-order valence-corrected chi connectivity index (χ1v) is 13.4. The summed E-state index contributed by atoms with van der Waals surface area (Å²) in [6.45, 7) is 6.66. The van der Waals surface area contributed by atoms with E-state index in [0.717, 1.165) is 66.0 Å². The molecule has 1 unspecified atom stereocenters. The van der Waals surface area contributed by atoms with Crippen LogP contribution in [0.1, 0.15) is 73.8 Å². The van der Waals surface area contributed by atoms with Gasteiger partial charge in [-0.2, -0.15) is 5.26 Å². The second-order valence-electron chi connectivity index (χ2n) is 9.71. The van der Waals surface area contributed by atoms with Gasteiger partial charge in [-0.15, -0.1) is 15.7 Å². The SMILES string of the molecule is CC(C)(O)c1nc(CO)c(S(=O)(=NC(=O)Nc2c3c(nc4c2CCC4(C)C)CCC3)NC#N)s1. The minimum atomic E-state index is -3.80. The Kier molecular flexibility index (Phi) is 6.18. The molecule has 0 radical (unpaired) electrons. The lowest BCUT2D eigenvalue weighted by Gasteiger charge is -2.20. The number of anilines is 1. The Morgan fingerprint density at radius 1 is 1.29 bits per heavy atom. The predicted octanol–water partition coefficient (Wildman–Crippen LogP) is 3.01. The van der Waals surface area contributed by atoms with Crippen molar-refractivity contribution in [2.45, 2.75) is 81.6 Å². The molecule has 0 saturated carbocycles. The number of pyridine rings is 1. The van der Waals surface area contributed by atoms with Crippen molar-refractivity contribution in [1.29, 1.82) is 5.26 Å². The fourth-order valence-electron chi connectivity index (χ4n) is 4.47. The molecule has 12 heteroatoms. The van der Waals surface area contributed by atoms with Crippen molar-refractivity contribution in [3.8, 4) is 6.19 Å². The lowest BCUT2D eigenvalue weighted by Crippen LogP contribution is -2.23. The average molecular weight is 505 g/mol. The number of amides is 2. The van der Waals surface area contributed by atoms with E-state index in [1.54, 1.807) is 6.19 Å². The predicted molar refractivity (Wildman–Crippen MR) is 127 cm³/mol. The molecule has 2 aliphatic rings. The summed E-state index contributed by atoms with van der Waals surface area (Å²) >= 11 is 0.832. The van der Waals surface area contributed by atoms with Crippen molar-refractivity contribution in [2.24, 2.45) is 4.36 Å². The van der Waals surface area contributed by atoms with E-state index in [-0.39, 0.29) is 20.3 Å². The zero-order chi connectivity index (χ0) is 24.9. The zero-order valence-electron chi connectivity index (χ0n) is 19.6. The number of aliphatic hydroxyl groups is 2. The van der Waals surface area contributed by atoms with Gasteiger partial charge in [-0.05, 0) is 57.1 Å². The number of rotatable bonds is 5. The summed E-state index contributed by atoms with van der Waals surface area (Å²) in [7, 11) is -3.80. The topological polar surface area (TPSA) is 161 Å². The van der Waals surface area contributed by atoms with Gasteiger partial charge in [0.05, 0.1) is 23.7 Å². The molecule has 0 saturated heterocycles. The summed E-state index contributed by atoms with van der Waals surface area (Å²) in [6, 6.07) is -0.873. The second kappa shape index (κ2) is 8.57. The number of nitrogens with one attached hydrogen (secondary N) is 2. The minimum Gasteiger partial charge on any atom is -0.390 e. The summed E-state index contributed by atoms with van der Waals surface area (Å²) in [6.07, 6.45) is 5.84. The van der Waals surface area contributed by atoms with Gasteiger partial charge >= 0.3 is 6.03 Å². The van der Waals surface area contributed by atoms with Crippen LogP contribution in [0.25, 0.3) is 0 Å². The van der Waals surface area contributed by atoms with E-state index in [1.165, 1.54) is 13.8 Å². The number of aryl methyl sites for hydroxylation is 1. The zero-order valence-corrected chi connectivity index (χ0v) is 21.2. The Labute approximate surface area is 202 Å². The number of hydrogen-bond acceptors (Lipinski definition) is 8. The smallest absolute Gasteiger partial charge is 0.355 e. The van der Waals surface area contributed by atoms with Crippen LogP contribution >= 0.6 is 11.3 Å². The first-order valence-electron chi connectivity index (χ1n) is 11.0. The molecule has 4 rings (SSSR count). The van der Waals surface area contributed by atoms with E-state index < -0.39 is 28.2 Å². The van der Waals surface area contributed by atoms with E-state index >= 15 is 0 Å². The highest BCUT2D eigenvalue weighted by Crippen LogP contribution is 2.44. The molecule has 2 heterocycles. The highest BCUT2D eigenvalue weighted by molar-refractivity contribution is 7.94. The Morgan fingerprint density at radius 2 is 2.03 bits per heavy atom. The Morgan fingerprint density at radius 3 is 2.68 bits per heavy atom. The number of aliphatic hydroxyl groups excluding tert-OH is 1. The first-order chi connectivity index (χ1) is 15.9. The van der Waals surface area contributed by atoms with Crippen molar-refractivity contribution in [1.82, 2.24) is 14.7 Å². The number of carbonyl (C=O) groups is 1. The molecular formula is C22H28N6O4S2. The van der Waals surface area contributed by atoms with Gasteiger partial charge in [-0.3, -0.25) is 4.98 Å². The van der Waals surface area contributed by atoms with Gasteiger partial charge in [0.25, 0.3) is 0 Å². The van der Waals surface area contributed by atoms with E-state index in [2.05, 4.69) is 33.2 Å². The van der Waals surface area contributed by atoms with Crippen LogP contribution in [0.3, 0.4) is 0 Å². The molecule has 182 valence electrons. The molecule has 2 amide bonds. The maximum Gasteiger partial charge on any atom is 0.355 e. The van der Waals surface area contributed by atoms with Crippen LogP contribution in [0.15, 0.2) is 8.57 Å². The monoisotopic (exact) mass is 504 g/mol. The highest BCUT2D eigenvalue weighted by Gasteiger charge is 2.37. The van der Waals surface area contributed by atoms with Crippen LogP contribution < -0.4 is 10.0 Å². The van der Waals surface area contributed by atoms with Crippen molar-refractivity contribution in [3.05, 3.63) is 33.2 Å². The Balaban J connectivity index is 1.78. The quantitative estimate of drug-likeness (QED) is 0.359. The number of aromatic nitrogens is 2. The molecule has 0 bridgehead atoms. The van der Waals surface area contributed by atoms with Gasteiger partial charge in [0.1, 0.15) is 14.8 Å². The van der Waals surface area contributed by atoms with Gasteiger partial charge in [0.15, 0.2) is 16.1 Å². The van der Waals surface area contributed by atoms with E-state index in [1.807, 2.05) is 0 Å². The van der Waals surface area contributed by atoms with E-state index in [0.29, 0.717) is 5.69 Å². The molecule has 2 aliphatic carbocycles. The third kappa shape index (κ3) is 4.29. The van der Waals surface area contributed by atoms with Gasteiger partial charge in [0, 0.05) is 11.1 Å². The lowest BCUT2D eigenvalue weighted by molar-refractivity contribution is 0.0779. The summed E-state index contributed by atoms with van der Waals surface area (Å²) < 4.78 is 19.6. The molecule has 0 aromatic carbocycles. The summed E-state index contributed by atoms with van der Waals surface area (Å²) in [5, 5.41) is 32.3. The minimum absolute atomic E-state index is 0.0149. The van der Waals surface area contributed by atoms with Crippen molar-refractivity contribution < 1.29 is 19.2 Å². The lowest BCUT2D eigenvalue weighted by atomic mass is 9.90. The van der Waals surface area contributed by atoms with Crippen LogP contribution in [-0.4, -0.2) is 30.4 Å². The third-order valence-electron chi connectivity index (χ3n) is 6.18. The molecule has 2 aromatic heterocycles. The first kappa shape index (κ1) is 24.5. The molecule has 4 N–H and O–H groups in total. The number of carbonyl (C=O) groups excluding carboxylic acids is 1. The molecule has 2 aromatic rings. The van der Waals surface area contributed by atoms with E-state index in [9.17, 15) is 24.5 Å². The van der Waals surface area contributed by atoms with Crippen molar-refractivity contribution in [2.75, 3.05) is 5.32 Å².